The van der Waals surface area contributed by atoms with Crippen LogP contribution in [-0.4, -0.2) is 11.3 Å². The van der Waals surface area contributed by atoms with Crippen LogP contribution in [0.15, 0.2) is 16.9 Å². The van der Waals surface area contributed by atoms with Crippen LogP contribution in [0.2, 0.25) is 0 Å². The standard InChI is InChI=1S/C7H6BrNO/c1-5-2-6(4-10)3-9-7(5)8/h2-4H,1H3. The van der Waals surface area contributed by atoms with Gasteiger partial charge in [-0.3, -0.25) is 4.79 Å². The molecule has 0 amide bonds. The van der Waals surface area contributed by atoms with Gasteiger partial charge < -0.3 is 0 Å². The number of aromatic nitrogens is 1. The van der Waals surface area contributed by atoms with Crippen molar-refractivity contribution in [3.8, 4) is 0 Å². The summed E-state index contributed by atoms with van der Waals surface area (Å²) in [5, 5.41) is 0. The van der Waals surface area contributed by atoms with Gasteiger partial charge in [-0.05, 0) is 34.5 Å². The van der Waals surface area contributed by atoms with E-state index in [0.29, 0.717) is 5.56 Å². The van der Waals surface area contributed by atoms with E-state index in [-0.39, 0.29) is 0 Å². The average molecular weight is 200 g/mol. The Kier molecular flexibility index (Phi) is 2.17. The smallest absolute Gasteiger partial charge is 0.151 e. The lowest BCUT2D eigenvalue weighted by Gasteiger charge is -1.95. The Morgan fingerprint density at radius 2 is 2.40 bits per heavy atom. The number of aldehydes is 1. The van der Waals surface area contributed by atoms with Crippen molar-refractivity contribution in [2.45, 2.75) is 6.92 Å². The lowest BCUT2D eigenvalue weighted by atomic mass is 10.2. The number of hydrogen-bond donors (Lipinski definition) is 0. The molecule has 0 aliphatic rings. The molecule has 0 bridgehead atoms. The first-order chi connectivity index (χ1) is 4.74. The molecule has 0 aliphatic carbocycles. The molecular weight excluding hydrogens is 194 g/mol. The van der Waals surface area contributed by atoms with Gasteiger partial charge in [0.05, 0.1) is 0 Å². The van der Waals surface area contributed by atoms with E-state index in [1.165, 1.54) is 6.20 Å². The van der Waals surface area contributed by atoms with Gasteiger partial charge in [-0.1, -0.05) is 0 Å². The monoisotopic (exact) mass is 199 g/mol. The minimum atomic E-state index is 0.612. The molecule has 0 unspecified atom stereocenters. The highest BCUT2D eigenvalue weighted by Crippen LogP contribution is 2.11. The summed E-state index contributed by atoms with van der Waals surface area (Å²) in [5.41, 5.74) is 1.59. The quantitative estimate of drug-likeness (QED) is 0.512. The summed E-state index contributed by atoms with van der Waals surface area (Å²) in [7, 11) is 0. The van der Waals surface area contributed by atoms with Crippen molar-refractivity contribution in [1.29, 1.82) is 0 Å². The van der Waals surface area contributed by atoms with Crippen LogP contribution < -0.4 is 0 Å². The first-order valence-corrected chi connectivity index (χ1v) is 3.60. The first-order valence-electron chi connectivity index (χ1n) is 2.81. The summed E-state index contributed by atoms with van der Waals surface area (Å²) in [5.74, 6) is 0. The Bertz CT molecular complexity index is 260. The van der Waals surface area contributed by atoms with Crippen LogP contribution >= 0.6 is 15.9 Å². The van der Waals surface area contributed by atoms with Gasteiger partial charge in [-0.15, -0.1) is 0 Å². The van der Waals surface area contributed by atoms with Crippen molar-refractivity contribution in [3.63, 3.8) is 0 Å². The first kappa shape index (κ1) is 7.41. The summed E-state index contributed by atoms with van der Waals surface area (Å²) in [4.78, 5) is 14.1. The maximum Gasteiger partial charge on any atom is 0.151 e. The van der Waals surface area contributed by atoms with Gasteiger partial charge in [0.2, 0.25) is 0 Å². The molecular formula is C7H6BrNO. The van der Waals surface area contributed by atoms with Gasteiger partial charge in [0.25, 0.3) is 0 Å². The summed E-state index contributed by atoms with van der Waals surface area (Å²) < 4.78 is 0.790. The number of hydrogen-bond acceptors (Lipinski definition) is 2. The fraction of sp³-hybridized carbons (Fsp3) is 0.143. The predicted octanol–water partition coefficient (Wildman–Crippen LogP) is 1.97. The number of halogens is 1. The molecule has 0 spiro atoms. The largest absolute Gasteiger partial charge is 0.298 e. The molecule has 0 aromatic carbocycles. The second kappa shape index (κ2) is 2.92. The molecule has 0 saturated carbocycles. The van der Waals surface area contributed by atoms with Crippen LogP contribution in [0.25, 0.3) is 0 Å². The number of rotatable bonds is 1. The normalized spacial score (nSPS) is 9.40. The average Bonchev–Trinajstić information content (AvgIpc) is 1.95. The van der Waals surface area contributed by atoms with Crippen molar-refractivity contribution >= 4 is 22.2 Å². The van der Waals surface area contributed by atoms with Crippen molar-refractivity contribution < 1.29 is 4.79 Å². The Balaban J connectivity index is 3.16. The third-order valence-electron chi connectivity index (χ3n) is 1.17. The number of aryl methyl sites for hydroxylation is 1. The number of carbonyl (C=O) groups is 1. The van der Waals surface area contributed by atoms with E-state index in [9.17, 15) is 4.79 Å². The second-order valence-corrected chi connectivity index (χ2v) is 2.75. The van der Waals surface area contributed by atoms with Gasteiger partial charge >= 0.3 is 0 Å². The van der Waals surface area contributed by atoms with E-state index >= 15 is 0 Å². The Morgan fingerprint density at radius 1 is 1.70 bits per heavy atom. The third kappa shape index (κ3) is 1.42. The van der Waals surface area contributed by atoms with Gasteiger partial charge in [0, 0.05) is 11.8 Å². The lowest BCUT2D eigenvalue weighted by Crippen LogP contribution is -1.85. The second-order valence-electron chi connectivity index (χ2n) is 1.99. The van der Waals surface area contributed by atoms with Crippen LogP contribution in [0.4, 0.5) is 0 Å². The topological polar surface area (TPSA) is 30.0 Å². The molecule has 0 fully saturated rings. The zero-order valence-electron chi connectivity index (χ0n) is 5.47. The molecule has 0 saturated heterocycles. The Labute approximate surface area is 67.4 Å². The molecule has 2 nitrogen and oxygen atoms in total. The van der Waals surface area contributed by atoms with Gasteiger partial charge in [-0.25, -0.2) is 4.98 Å². The van der Waals surface area contributed by atoms with Crippen molar-refractivity contribution in [2.24, 2.45) is 0 Å². The van der Waals surface area contributed by atoms with E-state index < -0.39 is 0 Å². The third-order valence-corrected chi connectivity index (χ3v) is 2.00. The molecule has 10 heavy (non-hydrogen) atoms. The molecule has 3 heteroatoms. The van der Waals surface area contributed by atoms with Crippen LogP contribution in [0.3, 0.4) is 0 Å². The number of carbonyl (C=O) groups excluding carboxylic acids is 1. The lowest BCUT2D eigenvalue weighted by molar-refractivity contribution is 0.112. The van der Waals surface area contributed by atoms with Crippen molar-refractivity contribution in [1.82, 2.24) is 4.98 Å². The minimum absolute atomic E-state index is 0.612. The van der Waals surface area contributed by atoms with Crippen LogP contribution in [-0.2, 0) is 0 Å². The Morgan fingerprint density at radius 3 is 2.90 bits per heavy atom. The highest BCUT2D eigenvalue weighted by Gasteiger charge is 1.95. The van der Waals surface area contributed by atoms with E-state index in [1.54, 1.807) is 6.07 Å². The van der Waals surface area contributed by atoms with Crippen LogP contribution in [0.5, 0.6) is 0 Å². The molecule has 0 radical (unpaired) electrons. The van der Waals surface area contributed by atoms with Gasteiger partial charge in [0.15, 0.2) is 6.29 Å². The van der Waals surface area contributed by atoms with E-state index in [4.69, 9.17) is 0 Å². The van der Waals surface area contributed by atoms with Crippen LogP contribution in [0.1, 0.15) is 15.9 Å². The SMILES string of the molecule is Cc1cc(C=O)cnc1Br. The highest BCUT2D eigenvalue weighted by atomic mass is 79.9. The summed E-state index contributed by atoms with van der Waals surface area (Å²) in [6, 6.07) is 1.78. The fourth-order valence-electron chi connectivity index (χ4n) is 0.644. The predicted molar refractivity (Wildman–Crippen MR) is 42.1 cm³/mol. The molecule has 1 heterocycles. The maximum absolute atomic E-state index is 10.2. The van der Waals surface area contributed by atoms with E-state index in [1.807, 2.05) is 6.92 Å². The fourth-order valence-corrected chi connectivity index (χ4v) is 0.861. The molecule has 1 aromatic heterocycles. The number of pyridine rings is 1. The van der Waals surface area contributed by atoms with Crippen molar-refractivity contribution in [2.75, 3.05) is 0 Å². The van der Waals surface area contributed by atoms with E-state index in [2.05, 4.69) is 20.9 Å². The summed E-state index contributed by atoms with van der Waals surface area (Å²) in [6.07, 6.45) is 2.32. The van der Waals surface area contributed by atoms with Crippen molar-refractivity contribution in [3.05, 3.63) is 28.0 Å². The summed E-state index contributed by atoms with van der Waals surface area (Å²) >= 11 is 3.23. The molecule has 0 aliphatic heterocycles. The minimum Gasteiger partial charge on any atom is -0.298 e. The molecule has 0 atom stereocenters. The zero-order valence-corrected chi connectivity index (χ0v) is 7.05. The van der Waals surface area contributed by atoms with E-state index in [0.717, 1.165) is 16.5 Å². The Hall–Kier alpha value is -0.700. The van der Waals surface area contributed by atoms with Gasteiger partial charge in [0.1, 0.15) is 4.60 Å². The van der Waals surface area contributed by atoms with Crippen LogP contribution in [0, 0.1) is 6.92 Å². The van der Waals surface area contributed by atoms with Gasteiger partial charge in [-0.2, -0.15) is 0 Å². The number of nitrogens with zero attached hydrogens (tertiary/aromatic N) is 1. The zero-order chi connectivity index (χ0) is 7.56. The molecule has 52 valence electrons. The highest BCUT2D eigenvalue weighted by molar-refractivity contribution is 9.10. The summed E-state index contributed by atoms with van der Waals surface area (Å²) in [6.45, 7) is 1.89. The maximum atomic E-state index is 10.2. The molecule has 1 rings (SSSR count). The molecule has 0 N–H and O–H groups in total. The molecule has 1 aromatic rings.